The molecule has 0 N–H and O–H groups in total. The highest BCUT2D eigenvalue weighted by Crippen LogP contribution is 2.37. The molecule has 2 amide bonds. The number of halogens is 1. The quantitative estimate of drug-likeness (QED) is 0.772. The second-order valence-electron chi connectivity index (χ2n) is 6.05. The van der Waals surface area contributed by atoms with Crippen molar-refractivity contribution in [3.8, 4) is 0 Å². The predicted octanol–water partition coefficient (Wildman–Crippen LogP) is 2.95. The maximum absolute atomic E-state index is 13.0. The number of sulfone groups is 1. The van der Waals surface area contributed by atoms with Crippen LogP contribution in [-0.2, 0) is 9.84 Å². The molecule has 2 aromatic rings. The summed E-state index contributed by atoms with van der Waals surface area (Å²) in [5, 5.41) is 0.570. The zero-order valence-electron chi connectivity index (χ0n) is 12.7. The number of para-hydroxylation sites is 1. The molecule has 0 radical (unpaired) electrons. The lowest BCUT2D eigenvalue weighted by molar-refractivity contribution is 0.255. The van der Waals surface area contributed by atoms with Crippen molar-refractivity contribution in [1.29, 1.82) is 0 Å². The monoisotopic (exact) mass is 362 g/mol. The molecular weight excluding hydrogens is 348 g/mol. The standard InChI is InChI=1S/C17H15ClN2O3S/c18-12-6-8-14(9-7-12)20-16-11-24(22,23)10-15(16)19(17(20)21)13-4-2-1-3-5-13/h1-9,15-16H,10-11H2/t15-,16+/m1/s1. The molecular formula is C17H15ClN2O3S. The van der Waals surface area contributed by atoms with Gasteiger partial charge in [0.15, 0.2) is 9.84 Å². The minimum atomic E-state index is -3.18. The number of carbonyl (C=O) groups is 1. The van der Waals surface area contributed by atoms with Crippen LogP contribution in [0.4, 0.5) is 16.2 Å². The summed E-state index contributed by atoms with van der Waals surface area (Å²) in [6.07, 6.45) is 0. The predicted molar refractivity (Wildman–Crippen MR) is 94.5 cm³/mol. The molecule has 0 bridgehead atoms. The van der Waals surface area contributed by atoms with Gasteiger partial charge in [-0.1, -0.05) is 29.8 Å². The molecule has 2 saturated heterocycles. The Balaban J connectivity index is 1.80. The van der Waals surface area contributed by atoms with Gasteiger partial charge in [-0.05, 0) is 36.4 Å². The fourth-order valence-corrected chi connectivity index (χ4v) is 5.54. The first-order chi connectivity index (χ1) is 11.5. The van der Waals surface area contributed by atoms with Crippen LogP contribution in [0, 0.1) is 0 Å². The van der Waals surface area contributed by atoms with Gasteiger partial charge in [0, 0.05) is 16.4 Å². The zero-order chi connectivity index (χ0) is 16.9. The van der Waals surface area contributed by atoms with Gasteiger partial charge in [0.2, 0.25) is 0 Å². The van der Waals surface area contributed by atoms with E-state index < -0.39 is 9.84 Å². The van der Waals surface area contributed by atoms with Gasteiger partial charge in [-0.2, -0.15) is 0 Å². The van der Waals surface area contributed by atoms with E-state index >= 15 is 0 Å². The van der Waals surface area contributed by atoms with E-state index in [4.69, 9.17) is 11.6 Å². The number of hydrogen-bond donors (Lipinski definition) is 0. The molecule has 5 nitrogen and oxygen atoms in total. The molecule has 2 aromatic carbocycles. The Labute approximate surface area is 145 Å². The van der Waals surface area contributed by atoms with Gasteiger partial charge in [0.05, 0.1) is 23.6 Å². The van der Waals surface area contributed by atoms with Crippen molar-refractivity contribution in [2.75, 3.05) is 21.3 Å². The lowest BCUT2D eigenvalue weighted by Crippen LogP contribution is -2.37. The van der Waals surface area contributed by atoms with E-state index in [0.717, 1.165) is 0 Å². The van der Waals surface area contributed by atoms with Gasteiger partial charge < -0.3 is 0 Å². The highest BCUT2D eigenvalue weighted by atomic mass is 35.5. The van der Waals surface area contributed by atoms with Crippen LogP contribution in [-0.4, -0.2) is 38.0 Å². The molecule has 0 aliphatic carbocycles. The minimum absolute atomic E-state index is 0.0115. The van der Waals surface area contributed by atoms with E-state index in [1.165, 1.54) is 0 Å². The lowest BCUT2D eigenvalue weighted by atomic mass is 10.1. The van der Waals surface area contributed by atoms with E-state index in [-0.39, 0.29) is 29.6 Å². The van der Waals surface area contributed by atoms with Crippen molar-refractivity contribution in [1.82, 2.24) is 0 Å². The number of amides is 2. The van der Waals surface area contributed by atoms with Gasteiger partial charge in [0.1, 0.15) is 0 Å². The molecule has 2 fully saturated rings. The number of urea groups is 1. The van der Waals surface area contributed by atoms with Crippen LogP contribution in [0.3, 0.4) is 0 Å². The highest BCUT2D eigenvalue weighted by Gasteiger charge is 2.54. The fourth-order valence-electron chi connectivity index (χ4n) is 3.50. The van der Waals surface area contributed by atoms with Crippen LogP contribution in [0.5, 0.6) is 0 Å². The Morgan fingerprint density at radius 1 is 0.833 bits per heavy atom. The van der Waals surface area contributed by atoms with E-state index in [0.29, 0.717) is 16.4 Å². The molecule has 2 aliphatic heterocycles. The van der Waals surface area contributed by atoms with Crippen molar-refractivity contribution in [3.05, 3.63) is 59.6 Å². The largest absolute Gasteiger partial charge is 0.329 e. The lowest BCUT2D eigenvalue weighted by Gasteiger charge is -2.22. The fraction of sp³-hybridized carbons (Fsp3) is 0.235. The van der Waals surface area contributed by atoms with Crippen molar-refractivity contribution in [2.45, 2.75) is 12.1 Å². The zero-order valence-corrected chi connectivity index (χ0v) is 14.2. The first-order valence-corrected chi connectivity index (χ1v) is 9.80. The molecule has 4 rings (SSSR count). The molecule has 7 heteroatoms. The number of anilines is 2. The summed E-state index contributed by atoms with van der Waals surface area (Å²) in [6.45, 7) is 0. The third-order valence-electron chi connectivity index (χ3n) is 4.51. The van der Waals surface area contributed by atoms with Crippen LogP contribution in [0.1, 0.15) is 0 Å². The van der Waals surface area contributed by atoms with Gasteiger partial charge in [-0.25, -0.2) is 13.2 Å². The van der Waals surface area contributed by atoms with E-state index in [1.54, 1.807) is 34.1 Å². The van der Waals surface area contributed by atoms with Crippen LogP contribution in [0.2, 0.25) is 5.02 Å². The maximum Gasteiger partial charge on any atom is 0.329 e. The topological polar surface area (TPSA) is 57.7 Å². The number of hydrogen-bond acceptors (Lipinski definition) is 3. The first kappa shape index (κ1) is 15.5. The molecule has 24 heavy (non-hydrogen) atoms. The van der Waals surface area contributed by atoms with Gasteiger partial charge in [0.25, 0.3) is 0 Å². The average Bonchev–Trinajstić information content (AvgIpc) is 2.98. The Bertz CT molecular complexity index is 884. The molecule has 0 saturated carbocycles. The van der Waals surface area contributed by atoms with Crippen molar-refractivity contribution < 1.29 is 13.2 Å². The van der Waals surface area contributed by atoms with E-state index in [2.05, 4.69) is 0 Å². The van der Waals surface area contributed by atoms with Crippen LogP contribution < -0.4 is 9.80 Å². The average molecular weight is 363 g/mol. The Kier molecular flexibility index (Phi) is 3.54. The van der Waals surface area contributed by atoms with Crippen molar-refractivity contribution in [2.24, 2.45) is 0 Å². The minimum Gasteiger partial charge on any atom is -0.288 e. The Morgan fingerprint density at radius 3 is 1.88 bits per heavy atom. The number of fused-ring (bicyclic) bond motifs is 1. The summed E-state index contributed by atoms with van der Waals surface area (Å²) in [5.74, 6) is -0.0300. The second kappa shape index (κ2) is 5.50. The van der Waals surface area contributed by atoms with Gasteiger partial charge in [-0.3, -0.25) is 9.80 Å². The summed E-state index contributed by atoms with van der Waals surface area (Å²) in [5.41, 5.74) is 1.38. The van der Waals surface area contributed by atoms with Gasteiger partial charge in [-0.15, -0.1) is 0 Å². The number of benzene rings is 2. The van der Waals surface area contributed by atoms with E-state index in [1.807, 2.05) is 30.3 Å². The van der Waals surface area contributed by atoms with E-state index in [9.17, 15) is 13.2 Å². The summed E-state index contributed by atoms with van der Waals surface area (Å²) < 4.78 is 24.3. The van der Waals surface area contributed by atoms with Crippen LogP contribution in [0.15, 0.2) is 54.6 Å². The molecule has 2 aliphatic rings. The summed E-state index contributed by atoms with van der Waals surface area (Å²) in [6, 6.07) is 15.1. The number of rotatable bonds is 2. The smallest absolute Gasteiger partial charge is 0.288 e. The Morgan fingerprint density at radius 2 is 1.33 bits per heavy atom. The number of carbonyl (C=O) groups excluding carboxylic acids is 1. The molecule has 2 atom stereocenters. The van der Waals surface area contributed by atoms with Crippen LogP contribution in [0.25, 0.3) is 0 Å². The second-order valence-corrected chi connectivity index (χ2v) is 8.64. The summed E-state index contributed by atoms with van der Waals surface area (Å²) >= 11 is 5.93. The summed E-state index contributed by atoms with van der Waals surface area (Å²) in [4.78, 5) is 16.2. The van der Waals surface area contributed by atoms with Crippen molar-refractivity contribution >= 4 is 38.8 Å². The molecule has 0 unspecified atom stereocenters. The van der Waals surface area contributed by atoms with Crippen LogP contribution >= 0.6 is 11.6 Å². The third kappa shape index (κ3) is 2.46. The Hall–Kier alpha value is -2.05. The summed E-state index contributed by atoms with van der Waals surface area (Å²) in [7, 11) is -3.18. The highest BCUT2D eigenvalue weighted by molar-refractivity contribution is 7.91. The normalized spacial score (nSPS) is 25.1. The first-order valence-electron chi connectivity index (χ1n) is 7.60. The molecule has 0 aromatic heterocycles. The number of nitrogens with zero attached hydrogens (tertiary/aromatic N) is 2. The molecule has 0 spiro atoms. The van der Waals surface area contributed by atoms with Crippen molar-refractivity contribution in [3.63, 3.8) is 0 Å². The molecule has 2 heterocycles. The maximum atomic E-state index is 13.0. The third-order valence-corrected chi connectivity index (χ3v) is 6.46. The molecule has 124 valence electrons. The van der Waals surface area contributed by atoms with Gasteiger partial charge >= 0.3 is 6.03 Å². The SMILES string of the molecule is O=C1N(c2ccccc2)[C@@H]2CS(=O)(=O)C[C@@H]2N1c1ccc(Cl)cc1.